The molecule has 0 saturated heterocycles. The molecule has 0 bridgehead atoms. The Labute approximate surface area is 102 Å². The topological polar surface area (TPSA) is 72.2 Å². The molecule has 17 heavy (non-hydrogen) atoms. The van der Waals surface area contributed by atoms with E-state index in [0.29, 0.717) is 12.1 Å². The van der Waals surface area contributed by atoms with Gasteiger partial charge in [0.1, 0.15) is 0 Å². The molecule has 0 spiro atoms. The first-order chi connectivity index (χ1) is 7.86. The lowest BCUT2D eigenvalue weighted by molar-refractivity contribution is 0.563. The van der Waals surface area contributed by atoms with E-state index in [-0.39, 0.29) is 10.9 Å². The second kappa shape index (κ2) is 5.21. The zero-order chi connectivity index (χ0) is 13.1. The van der Waals surface area contributed by atoms with Crippen LogP contribution in [0.25, 0.3) is 0 Å². The number of benzene rings is 1. The molecule has 0 saturated carbocycles. The summed E-state index contributed by atoms with van der Waals surface area (Å²) in [5.41, 5.74) is 6.99. The maximum absolute atomic E-state index is 11.9. The summed E-state index contributed by atoms with van der Waals surface area (Å²) in [4.78, 5) is 0.157. The number of nitrogens with two attached hydrogens (primary N) is 1. The molecule has 92 valence electrons. The molecule has 1 rings (SSSR count). The summed E-state index contributed by atoms with van der Waals surface area (Å²) in [5, 5.41) is 0. The van der Waals surface area contributed by atoms with E-state index in [1.54, 1.807) is 13.0 Å². The lowest BCUT2D eigenvalue weighted by Crippen LogP contribution is -2.32. The van der Waals surface area contributed by atoms with E-state index in [2.05, 4.69) is 10.6 Å². The van der Waals surface area contributed by atoms with Gasteiger partial charge in [0.25, 0.3) is 0 Å². The zero-order valence-corrected chi connectivity index (χ0v) is 10.7. The molecule has 1 atom stereocenters. The Morgan fingerprint density at radius 3 is 2.71 bits per heavy atom. The van der Waals surface area contributed by atoms with Crippen LogP contribution in [0, 0.1) is 19.3 Å². The summed E-state index contributed by atoms with van der Waals surface area (Å²) < 4.78 is 26.4. The molecule has 1 aromatic rings. The van der Waals surface area contributed by atoms with Crippen LogP contribution in [-0.2, 0) is 10.0 Å². The lowest BCUT2D eigenvalue weighted by Gasteiger charge is -2.12. The minimum Gasteiger partial charge on any atom is -0.398 e. The first-order valence-electron chi connectivity index (χ1n) is 5.18. The Morgan fingerprint density at radius 1 is 1.53 bits per heavy atom. The van der Waals surface area contributed by atoms with E-state index < -0.39 is 10.0 Å². The quantitative estimate of drug-likeness (QED) is 0.626. The lowest BCUT2D eigenvalue weighted by atomic mass is 10.2. The number of nitrogens with one attached hydrogen (secondary N) is 1. The second-order valence-corrected chi connectivity index (χ2v) is 5.66. The molecule has 4 nitrogen and oxygen atoms in total. The van der Waals surface area contributed by atoms with Gasteiger partial charge in [-0.3, -0.25) is 0 Å². The molecule has 0 aromatic heterocycles. The molecular formula is C12H16N2O2S. The summed E-state index contributed by atoms with van der Waals surface area (Å²) in [5.74, 6) is 2.41. The second-order valence-electron chi connectivity index (χ2n) is 3.95. The Hall–Kier alpha value is -1.51. The average molecular weight is 252 g/mol. The van der Waals surface area contributed by atoms with E-state index in [4.69, 9.17) is 12.2 Å². The largest absolute Gasteiger partial charge is 0.398 e. The number of terminal acetylenes is 1. The Balaban J connectivity index is 2.98. The molecule has 0 aliphatic rings. The van der Waals surface area contributed by atoms with E-state index >= 15 is 0 Å². The molecule has 0 aliphatic carbocycles. The minimum absolute atomic E-state index is 0.157. The fourth-order valence-electron chi connectivity index (χ4n) is 1.34. The maximum Gasteiger partial charge on any atom is 0.240 e. The number of aryl methyl sites for hydroxylation is 1. The van der Waals surface area contributed by atoms with Gasteiger partial charge in [0.15, 0.2) is 0 Å². The third-order valence-corrected chi connectivity index (χ3v) is 3.93. The molecular weight excluding hydrogens is 236 g/mol. The third kappa shape index (κ3) is 3.48. The zero-order valence-electron chi connectivity index (χ0n) is 9.90. The van der Waals surface area contributed by atoms with Gasteiger partial charge in [0.05, 0.1) is 4.90 Å². The summed E-state index contributed by atoms with van der Waals surface area (Å²) in [6.07, 6.45) is 5.47. The fourth-order valence-corrected chi connectivity index (χ4v) is 2.62. The van der Waals surface area contributed by atoms with Crippen molar-refractivity contribution < 1.29 is 8.42 Å². The van der Waals surface area contributed by atoms with Crippen molar-refractivity contribution >= 4 is 15.7 Å². The first kappa shape index (κ1) is 13.6. The normalized spacial score (nSPS) is 13.0. The number of nitrogen functional groups attached to an aromatic ring is 1. The van der Waals surface area contributed by atoms with Crippen LogP contribution in [0.4, 0.5) is 5.69 Å². The van der Waals surface area contributed by atoms with Crippen LogP contribution in [-0.4, -0.2) is 14.5 Å². The van der Waals surface area contributed by atoms with E-state index in [1.165, 1.54) is 12.1 Å². The van der Waals surface area contributed by atoms with Crippen molar-refractivity contribution in [1.29, 1.82) is 0 Å². The number of hydrogen-bond acceptors (Lipinski definition) is 3. The van der Waals surface area contributed by atoms with E-state index in [0.717, 1.165) is 5.56 Å². The van der Waals surface area contributed by atoms with Crippen LogP contribution in [0.5, 0.6) is 0 Å². The highest BCUT2D eigenvalue weighted by Crippen LogP contribution is 2.17. The highest BCUT2D eigenvalue weighted by atomic mass is 32.2. The fraction of sp³-hybridized carbons (Fsp3) is 0.333. The first-order valence-corrected chi connectivity index (χ1v) is 6.67. The van der Waals surface area contributed by atoms with Crippen molar-refractivity contribution in [3.8, 4) is 12.3 Å². The maximum atomic E-state index is 11.9. The van der Waals surface area contributed by atoms with Crippen molar-refractivity contribution in [2.75, 3.05) is 5.73 Å². The summed E-state index contributed by atoms with van der Waals surface area (Å²) in [7, 11) is -3.55. The van der Waals surface area contributed by atoms with Crippen molar-refractivity contribution in [3.05, 3.63) is 23.8 Å². The molecule has 5 heteroatoms. The molecule has 0 amide bonds. The predicted molar refractivity (Wildman–Crippen MR) is 68.8 cm³/mol. The van der Waals surface area contributed by atoms with E-state index in [1.807, 2.05) is 6.92 Å². The van der Waals surface area contributed by atoms with Gasteiger partial charge in [-0.15, -0.1) is 12.3 Å². The SMILES string of the molecule is C#CCC(C)NS(=O)(=O)c1ccc(C)c(N)c1. The van der Waals surface area contributed by atoms with Gasteiger partial charge in [0.2, 0.25) is 10.0 Å². The number of anilines is 1. The van der Waals surface area contributed by atoms with Gasteiger partial charge in [0, 0.05) is 18.2 Å². The van der Waals surface area contributed by atoms with Crippen LogP contribution in [0.15, 0.2) is 23.1 Å². The van der Waals surface area contributed by atoms with Crippen LogP contribution < -0.4 is 10.5 Å². The van der Waals surface area contributed by atoms with E-state index in [9.17, 15) is 8.42 Å². The van der Waals surface area contributed by atoms with Crippen molar-refractivity contribution in [3.63, 3.8) is 0 Å². The van der Waals surface area contributed by atoms with Gasteiger partial charge < -0.3 is 5.73 Å². The molecule has 3 N–H and O–H groups in total. The van der Waals surface area contributed by atoms with Crippen LogP contribution in [0.1, 0.15) is 18.9 Å². The molecule has 1 unspecified atom stereocenters. The molecule has 0 fully saturated rings. The minimum atomic E-state index is -3.55. The van der Waals surface area contributed by atoms with Gasteiger partial charge in [-0.1, -0.05) is 6.07 Å². The number of sulfonamides is 1. The number of rotatable bonds is 4. The van der Waals surface area contributed by atoms with Gasteiger partial charge in [-0.2, -0.15) is 0 Å². The monoisotopic (exact) mass is 252 g/mol. The Morgan fingerprint density at radius 2 is 2.18 bits per heavy atom. The predicted octanol–water partition coefficient (Wildman–Crippen LogP) is 1.27. The average Bonchev–Trinajstić information content (AvgIpc) is 2.21. The highest BCUT2D eigenvalue weighted by Gasteiger charge is 2.17. The van der Waals surface area contributed by atoms with Crippen LogP contribution in [0.2, 0.25) is 0 Å². The van der Waals surface area contributed by atoms with Gasteiger partial charge in [-0.25, -0.2) is 13.1 Å². The molecule has 0 aliphatic heterocycles. The highest BCUT2D eigenvalue weighted by molar-refractivity contribution is 7.89. The standard InChI is InChI=1S/C12H16N2O2S/c1-4-5-10(3)14-17(15,16)11-7-6-9(2)12(13)8-11/h1,6-8,10,14H,5,13H2,2-3H3. The molecule has 1 aromatic carbocycles. The smallest absolute Gasteiger partial charge is 0.240 e. The van der Waals surface area contributed by atoms with Crippen molar-refractivity contribution in [2.45, 2.75) is 31.2 Å². The van der Waals surface area contributed by atoms with Crippen LogP contribution in [0.3, 0.4) is 0 Å². The Bertz CT molecular complexity index is 544. The molecule has 0 heterocycles. The summed E-state index contributed by atoms with van der Waals surface area (Å²) >= 11 is 0. The number of hydrogen-bond donors (Lipinski definition) is 2. The summed E-state index contributed by atoms with van der Waals surface area (Å²) in [6, 6.07) is 4.35. The Kier molecular flexibility index (Phi) is 4.16. The molecule has 0 radical (unpaired) electrons. The van der Waals surface area contributed by atoms with Crippen LogP contribution >= 0.6 is 0 Å². The van der Waals surface area contributed by atoms with Crippen molar-refractivity contribution in [1.82, 2.24) is 4.72 Å². The third-order valence-electron chi connectivity index (χ3n) is 2.34. The van der Waals surface area contributed by atoms with Gasteiger partial charge >= 0.3 is 0 Å². The summed E-state index contributed by atoms with van der Waals surface area (Å²) in [6.45, 7) is 3.54. The van der Waals surface area contributed by atoms with Gasteiger partial charge in [-0.05, 0) is 31.5 Å². The van der Waals surface area contributed by atoms with Crippen molar-refractivity contribution in [2.24, 2.45) is 0 Å².